The third-order valence-electron chi connectivity index (χ3n) is 5.34. The summed E-state index contributed by atoms with van der Waals surface area (Å²) in [7, 11) is 1.67. The summed E-state index contributed by atoms with van der Waals surface area (Å²) in [4.78, 5) is 12.6. The molecule has 0 aliphatic carbocycles. The number of hydrogen-bond donors (Lipinski definition) is 0. The summed E-state index contributed by atoms with van der Waals surface area (Å²) in [5, 5.41) is 1.88. The Balaban J connectivity index is 1.50. The minimum Gasteiger partial charge on any atom is -0.493 e. The number of benzene rings is 2. The number of rotatable bonds is 8. The second kappa shape index (κ2) is 10.5. The Labute approximate surface area is 192 Å². The summed E-state index contributed by atoms with van der Waals surface area (Å²) in [5.41, 5.74) is 2.08. The van der Waals surface area contributed by atoms with Crippen LogP contribution in [0.15, 0.2) is 52.6 Å². The maximum Gasteiger partial charge on any atom is 0.162 e. The molecule has 0 unspecified atom stereocenters. The van der Waals surface area contributed by atoms with Crippen molar-refractivity contribution in [2.45, 2.75) is 16.8 Å². The first-order valence-corrected chi connectivity index (χ1v) is 12.4. The topological polar surface area (TPSA) is 50.7 Å². The van der Waals surface area contributed by atoms with Gasteiger partial charge in [-0.1, -0.05) is 41.4 Å². The SMILES string of the molecule is COc1cc2ncnc(Sc3cccc(C)c3)c2cc1OCCN1CCN(SC)CC1. The highest BCUT2D eigenvalue weighted by Crippen LogP contribution is 2.37. The Hall–Kier alpha value is -2.00. The second-order valence-corrected chi connectivity index (χ2v) is 9.36. The zero-order valence-corrected chi connectivity index (χ0v) is 19.8. The second-order valence-electron chi connectivity index (χ2n) is 7.42. The molecule has 0 amide bonds. The molecule has 1 fully saturated rings. The van der Waals surface area contributed by atoms with Crippen molar-refractivity contribution in [3.05, 3.63) is 48.3 Å². The smallest absolute Gasteiger partial charge is 0.162 e. The summed E-state index contributed by atoms with van der Waals surface area (Å²) < 4.78 is 14.1. The van der Waals surface area contributed by atoms with E-state index in [1.165, 1.54) is 5.56 Å². The van der Waals surface area contributed by atoms with Crippen molar-refractivity contribution in [1.82, 2.24) is 19.2 Å². The van der Waals surface area contributed by atoms with Crippen LogP contribution in [0.25, 0.3) is 10.9 Å². The molecule has 0 atom stereocenters. The average Bonchev–Trinajstić information content (AvgIpc) is 2.79. The summed E-state index contributed by atoms with van der Waals surface area (Å²) in [6.45, 7) is 7.96. The number of piperazine rings is 1. The maximum absolute atomic E-state index is 6.17. The molecule has 164 valence electrons. The van der Waals surface area contributed by atoms with Crippen molar-refractivity contribution >= 4 is 34.6 Å². The normalized spacial score (nSPS) is 15.3. The van der Waals surface area contributed by atoms with E-state index >= 15 is 0 Å². The average molecular weight is 457 g/mol. The van der Waals surface area contributed by atoms with E-state index in [1.54, 1.807) is 25.2 Å². The monoisotopic (exact) mass is 456 g/mol. The van der Waals surface area contributed by atoms with Crippen LogP contribution in [0.4, 0.5) is 0 Å². The molecule has 0 saturated carbocycles. The van der Waals surface area contributed by atoms with E-state index < -0.39 is 0 Å². The quantitative estimate of drug-likeness (QED) is 0.366. The van der Waals surface area contributed by atoms with Crippen LogP contribution in [0, 0.1) is 6.92 Å². The number of methoxy groups -OCH3 is 1. The van der Waals surface area contributed by atoms with E-state index in [4.69, 9.17) is 9.47 Å². The molecule has 1 saturated heterocycles. The van der Waals surface area contributed by atoms with Gasteiger partial charge in [0.2, 0.25) is 0 Å². The van der Waals surface area contributed by atoms with E-state index in [0.717, 1.165) is 59.3 Å². The Morgan fingerprint density at radius 3 is 2.61 bits per heavy atom. The summed E-state index contributed by atoms with van der Waals surface area (Å²) in [5.74, 6) is 1.43. The van der Waals surface area contributed by atoms with Gasteiger partial charge in [0.15, 0.2) is 11.5 Å². The van der Waals surface area contributed by atoms with Gasteiger partial charge < -0.3 is 9.47 Å². The van der Waals surface area contributed by atoms with E-state index in [-0.39, 0.29) is 0 Å². The van der Waals surface area contributed by atoms with Crippen molar-refractivity contribution in [2.24, 2.45) is 0 Å². The molecular weight excluding hydrogens is 428 g/mol. The summed E-state index contributed by atoms with van der Waals surface area (Å²) >= 11 is 3.46. The van der Waals surface area contributed by atoms with Crippen LogP contribution in [0.2, 0.25) is 0 Å². The molecular formula is C23H28N4O2S2. The predicted molar refractivity (Wildman–Crippen MR) is 128 cm³/mol. The van der Waals surface area contributed by atoms with Crippen LogP contribution in [-0.4, -0.2) is 71.9 Å². The van der Waals surface area contributed by atoms with Gasteiger partial charge in [0.25, 0.3) is 0 Å². The molecule has 8 heteroatoms. The zero-order valence-electron chi connectivity index (χ0n) is 18.2. The lowest BCUT2D eigenvalue weighted by Gasteiger charge is -2.33. The van der Waals surface area contributed by atoms with E-state index in [9.17, 15) is 0 Å². The number of hydrogen-bond acceptors (Lipinski definition) is 8. The van der Waals surface area contributed by atoms with Crippen molar-refractivity contribution in [3.8, 4) is 11.5 Å². The first-order chi connectivity index (χ1) is 15.2. The van der Waals surface area contributed by atoms with Gasteiger partial charge in [-0.25, -0.2) is 14.3 Å². The van der Waals surface area contributed by atoms with Gasteiger partial charge in [0, 0.05) is 49.1 Å². The Morgan fingerprint density at radius 1 is 1.03 bits per heavy atom. The molecule has 1 aliphatic rings. The number of nitrogens with zero attached hydrogens (tertiary/aromatic N) is 4. The summed E-state index contributed by atoms with van der Waals surface area (Å²) in [6.07, 6.45) is 3.74. The molecule has 31 heavy (non-hydrogen) atoms. The molecule has 0 bridgehead atoms. The lowest BCUT2D eigenvalue weighted by molar-refractivity contribution is 0.162. The number of aryl methyl sites for hydroxylation is 1. The van der Waals surface area contributed by atoms with E-state index in [2.05, 4.69) is 56.6 Å². The van der Waals surface area contributed by atoms with Gasteiger partial charge in [0.1, 0.15) is 18.0 Å². The van der Waals surface area contributed by atoms with Gasteiger partial charge in [0.05, 0.1) is 12.6 Å². The van der Waals surface area contributed by atoms with E-state index in [1.807, 2.05) is 24.1 Å². The molecule has 4 rings (SSSR count). The highest BCUT2D eigenvalue weighted by atomic mass is 32.2. The fourth-order valence-electron chi connectivity index (χ4n) is 3.60. The minimum absolute atomic E-state index is 0.620. The van der Waals surface area contributed by atoms with Crippen molar-refractivity contribution in [3.63, 3.8) is 0 Å². The molecule has 6 nitrogen and oxygen atoms in total. The molecule has 1 aliphatic heterocycles. The van der Waals surface area contributed by atoms with Crippen LogP contribution in [0.1, 0.15) is 5.56 Å². The number of ether oxygens (including phenoxy) is 2. The first kappa shape index (κ1) is 22.2. The lowest BCUT2D eigenvalue weighted by atomic mass is 10.2. The van der Waals surface area contributed by atoms with Gasteiger partial charge >= 0.3 is 0 Å². The van der Waals surface area contributed by atoms with Crippen LogP contribution >= 0.6 is 23.7 Å². The van der Waals surface area contributed by atoms with Crippen molar-refractivity contribution in [1.29, 1.82) is 0 Å². The number of aromatic nitrogens is 2. The van der Waals surface area contributed by atoms with Gasteiger partial charge in [-0.05, 0) is 31.4 Å². The van der Waals surface area contributed by atoms with Gasteiger partial charge in [-0.3, -0.25) is 4.90 Å². The molecule has 1 aromatic heterocycles. The van der Waals surface area contributed by atoms with Gasteiger partial charge in [-0.2, -0.15) is 0 Å². The highest BCUT2D eigenvalue weighted by molar-refractivity contribution is 7.99. The standard InChI is InChI=1S/C23H28N4O2S2/c1-17-5-4-6-18(13-17)31-23-19-14-22(21(28-2)15-20(19)24-16-25-23)29-12-11-26-7-9-27(30-3)10-8-26/h4-6,13-16H,7-12H2,1-3H3. The fraction of sp³-hybridized carbons (Fsp3) is 0.391. The first-order valence-electron chi connectivity index (χ1n) is 10.4. The van der Waals surface area contributed by atoms with Crippen LogP contribution in [0.5, 0.6) is 11.5 Å². The largest absolute Gasteiger partial charge is 0.493 e. The minimum atomic E-state index is 0.620. The van der Waals surface area contributed by atoms with E-state index in [0.29, 0.717) is 12.4 Å². The Morgan fingerprint density at radius 2 is 1.87 bits per heavy atom. The van der Waals surface area contributed by atoms with Crippen molar-refractivity contribution in [2.75, 3.05) is 52.7 Å². The number of fused-ring (bicyclic) bond motifs is 1. The molecule has 2 aromatic carbocycles. The predicted octanol–water partition coefficient (Wildman–Crippen LogP) is 4.37. The van der Waals surface area contributed by atoms with Crippen LogP contribution < -0.4 is 9.47 Å². The Bertz CT molecular complexity index is 1030. The third-order valence-corrected chi connectivity index (χ3v) is 7.23. The molecule has 0 radical (unpaired) electrons. The summed E-state index contributed by atoms with van der Waals surface area (Å²) in [6, 6.07) is 12.4. The van der Waals surface area contributed by atoms with Crippen LogP contribution in [-0.2, 0) is 0 Å². The highest BCUT2D eigenvalue weighted by Gasteiger charge is 2.17. The molecule has 0 spiro atoms. The van der Waals surface area contributed by atoms with Crippen molar-refractivity contribution < 1.29 is 9.47 Å². The Kier molecular flexibility index (Phi) is 7.55. The third kappa shape index (κ3) is 5.63. The fourth-order valence-corrected chi connectivity index (χ4v) is 5.12. The van der Waals surface area contributed by atoms with Crippen LogP contribution in [0.3, 0.4) is 0 Å². The maximum atomic E-state index is 6.17. The lowest BCUT2D eigenvalue weighted by Crippen LogP contribution is -2.44. The van der Waals surface area contributed by atoms with Gasteiger partial charge in [-0.15, -0.1) is 0 Å². The molecule has 3 aromatic rings. The molecule has 0 N–H and O–H groups in total. The zero-order chi connectivity index (χ0) is 21.6. The molecule has 2 heterocycles.